The van der Waals surface area contributed by atoms with Crippen LogP contribution in [0, 0.1) is 0 Å². The van der Waals surface area contributed by atoms with Gasteiger partial charge in [-0.05, 0) is 38.1 Å². The van der Waals surface area contributed by atoms with Crippen LogP contribution in [-0.2, 0) is 4.79 Å². The Morgan fingerprint density at radius 2 is 1.71 bits per heavy atom. The fraction of sp³-hybridized carbons (Fsp3) is 0.222. The molecule has 2 aromatic carbocycles. The van der Waals surface area contributed by atoms with Crippen molar-refractivity contribution in [1.29, 1.82) is 0 Å². The molecule has 0 aliphatic carbocycles. The van der Waals surface area contributed by atoms with Crippen LogP contribution in [-0.4, -0.2) is 24.6 Å². The van der Waals surface area contributed by atoms with Crippen molar-refractivity contribution in [3.05, 3.63) is 54.6 Å². The summed E-state index contributed by atoms with van der Waals surface area (Å²) in [6.45, 7) is 4.09. The average Bonchev–Trinajstić information content (AvgIpc) is 2.57. The predicted octanol–water partition coefficient (Wildman–Crippen LogP) is 3.23. The van der Waals surface area contributed by atoms with E-state index in [2.05, 4.69) is 16.0 Å². The maximum absolute atomic E-state index is 12.1. The van der Waals surface area contributed by atoms with Gasteiger partial charge >= 0.3 is 6.03 Å². The SMILES string of the molecule is CCOc1ccccc1N[C@@H](C)C(=O)NC(=O)Nc1ccccc1. The molecule has 126 valence electrons. The Bertz CT molecular complexity index is 689. The van der Waals surface area contributed by atoms with Gasteiger partial charge in [0.15, 0.2) is 0 Å². The van der Waals surface area contributed by atoms with Crippen LogP contribution in [0.3, 0.4) is 0 Å². The van der Waals surface area contributed by atoms with E-state index in [1.54, 1.807) is 31.2 Å². The van der Waals surface area contributed by atoms with E-state index < -0.39 is 18.0 Å². The number of carbonyl (C=O) groups is 2. The zero-order valence-electron chi connectivity index (χ0n) is 13.7. The highest BCUT2D eigenvalue weighted by Gasteiger charge is 2.17. The van der Waals surface area contributed by atoms with E-state index in [4.69, 9.17) is 4.74 Å². The van der Waals surface area contributed by atoms with Gasteiger partial charge in [-0.1, -0.05) is 30.3 Å². The summed E-state index contributed by atoms with van der Waals surface area (Å²) in [5.74, 6) is 0.225. The van der Waals surface area contributed by atoms with Gasteiger partial charge in [-0.2, -0.15) is 0 Å². The van der Waals surface area contributed by atoms with Crippen LogP contribution in [0.5, 0.6) is 5.75 Å². The summed E-state index contributed by atoms with van der Waals surface area (Å²) >= 11 is 0. The monoisotopic (exact) mass is 327 g/mol. The molecular weight excluding hydrogens is 306 g/mol. The van der Waals surface area contributed by atoms with Gasteiger partial charge in [-0.25, -0.2) is 4.79 Å². The fourth-order valence-corrected chi connectivity index (χ4v) is 2.07. The summed E-state index contributed by atoms with van der Waals surface area (Å²) in [6, 6.07) is 15.1. The number of nitrogens with one attached hydrogen (secondary N) is 3. The van der Waals surface area contributed by atoms with E-state index in [0.29, 0.717) is 23.7 Å². The molecule has 2 rings (SSSR count). The maximum atomic E-state index is 12.1. The molecule has 0 spiro atoms. The Balaban J connectivity index is 1.91. The molecule has 2 aromatic rings. The Morgan fingerprint density at radius 3 is 2.42 bits per heavy atom. The lowest BCUT2D eigenvalue weighted by Gasteiger charge is -2.17. The molecule has 6 nitrogen and oxygen atoms in total. The molecule has 0 heterocycles. The predicted molar refractivity (Wildman–Crippen MR) is 94.3 cm³/mol. The number of amides is 3. The normalized spacial score (nSPS) is 11.2. The van der Waals surface area contributed by atoms with Gasteiger partial charge < -0.3 is 15.4 Å². The number of urea groups is 1. The molecule has 0 aliphatic heterocycles. The second-order valence-corrected chi connectivity index (χ2v) is 5.10. The first kappa shape index (κ1) is 17.3. The fourth-order valence-electron chi connectivity index (χ4n) is 2.07. The average molecular weight is 327 g/mol. The summed E-state index contributed by atoms with van der Waals surface area (Å²) in [7, 11) is 0. The van der Waals surface area contributed by atoms with Crippen LogP contribution in [0.1, 0.15) is 13.8 Å². The van der Waals surface area contributed by atoms with Crippen LogP contribution in [0.2, 0.25) is 0 Å². The quantitative estimate of drug-likeness (QED) is 0.761. The molecular formula is C18H21N3O3. The highest BCUT2D eigenvalue weighted by Crippen LogP contribution is 2.24. The molecule has 0 unspecified atom stereocenters. The van der Waals surface area contributed by atoms with Crippen molar-refractivity contribution in [3.63, 3.8) is 0 Å². The van der Waals surface area contributed by atoms with Crippen molar-refractivity contribution in [3.8, 4) is 5.75 Å². The molecule has 6 heteroatoms. The number of imide groups is 1. The second-order valence-electron chi connectivity index (χ2n) is 5.10. The molecule has 0 saturated carbocycles. The number of hydrogen-bond donors (Lipinski definition) is 3. The van der Waals surface area contributed by atoms with Crippen molar-refractivity contribution in [2.75, 3.05) is 17.2 Å². The molecule has 0 bridgehead atoms. The first-order chi connectivity index (χ1) is 11.6. The molecule has 24 heavy (non-hydrogen) atoms. The minimum absolute atomic E-state index is 0.435. The highest BCUT2D eigenvalue weighted by molar-refractivity contribution is 6.03. The smallest absolute Gasteiger partial charge is 0.325 e. The van der Waals surface area contributed by atoms with E-state index in [-0.39, 0.29) is 0 Å². The summed E-state index contributed by atoms with van der Waals surface area (Å²) in [4.78, 5) is 24.0. The number of anilines is 2. The lowest BCUT2D eigenvalue weighted by molar-refractivity contribution is -0.120. The van der Waals surface area contributed by atoms with E-state index in [0.717, 1.165) is 0 Å². The second kappa shape index (κ2) is 8.57. The topological polar surface area (TPSA) is 79.5 Å². The van der Waals surface area contributed by atoms with Crippen LogP contribution >= 0.6 is 0 Å². The standard InChI is InChI=1S/C18H21N3O3/c1-3-24-16-12-8-7-11-15(16)19-13(2)17(22)21-18(23)20-14-9-5-4-6-10-14/h4-13,19H,3H2,1-2H3,(H2,20,21,22,23)/t13-/m0/s1. The van der Waals surface area contributed by atoms with Gasteiger partial charge in [-0.3, -0.25) is 10.1 Å². The van der Waals surface area contributed by atoms with Crippen LogP contribution in [0.15, 0.2) is 54.6 Å². The van der Waals surface area contributed by atoms with Gasteiger partial charge in [0.05, 0.1) is 12.3 Å². The van der Waals surface area contributed by atoms with Gasteiger partial charge in [0.25, 0.3) is 0 Å². The molecule has 1 atom stereocenters. The molecule has 3 amide bonds. The van der Waals surface area contributed by atoms with Crippen molar-refractivity contribution in [2.24, 2.45) is 0 Å². The first-order valence-corrected chi connectivity index (χ1v) is 7.75. The molecule has 0 saturated heterocycles. The van der Waals surface area contributed by atoms with E-state index in [9.17, 15) is 9.59 Å². The summed E-state index contributed by atoms with van der Waals surface area (Å²) in [6.07, 6.45) is 0. The van der Waals surface area contributed by atoms with Gasteiger partial charge in [0.1, 0.15) is 11.8 Å². The van der Waals surface area contributed by atoms with Crippen LogP contribution in [0.4, 0.5) is 16.2 Å². The Hall–Kier alpha value is -3.02. The third-order valence-electron chi connectivity index (χ3n) is 3.22. The van der Waals surface area contributed by atoms with Gasteiger partial charge in [0.2, 0.25) is 5.91 Å². The number of benzene rings is 2. The van der Waals surface area contributed by atoms with Crippen LogP contribution < -0.4 is 20.7 Å². The van der Waals surface area contributed by atoms with Gasteiger partial charge in [-0.15, -0.1) is 0 Å². The van der Waals surface area contributed by atoms with Crippen molar-refractivity contribution in [2.45, 2.75) is 19.9 Å². The van der Waals surface area contributed by atoms with E-state index in [1.165, 1.54) is 0 Å². The van der Waals surface area contributed by atoms with Crippen LogP contribution in [0.25, 0.3) is 0 Å². The molecule has 0 radical (unpaired) electrons. The molecule has 0 aromatic heterocycles. The highest BCUT2D eigenvalue weighted by atomic mass is 16.5. The maximum Gasteiger partial charge on any atom is 0.325 e. The summed E-state index contributed by atoms with van der Waals surface area (Å²) in [5, 5.41) is 7.95. The zero-order valence-corrected chi connectivity index (χ0v) is 13.7. The number of rotatable bonds is 6. The number of hydrogen-bond acceptors (Lipinski definition) is 4. The Labute approximate surface area is 141 Å². The summed E-state index contributed by atoms with van der Waals surface area (Å²) < 4.78 is 5.50. The minimum Gasteiger partial charge on any atom is -0.492 e. The molecule has 0 aliphatic rings. The zero-order chi connectivity index (χ0) is 17.4. The molecule has 3 N–H and O–H groups in total. The van der Waals surface area contributed by atoms with Gasteiger partial charge in [0, 0.05) is 5.69 Å². The first-order valence-electron chi connectivity index (χ1n) is 7.75. The lowest BCUT2D eigenvalue weighted by Crippen LogP contribution is -2.43. The van der Waals surface area contributed by atoms with E-state index >= 15 is 0 Å². The number of carbonyl (C=O) groups excluding carboxylic acids is 2. The van der Waals surface area contributed by atoms with Crippen molar-refractivity contribution >= 4 is 23.3 Å². The van der Waals surface area contributed by atoms with Crippen molar-refractivity contribution < 1.29 is 14.3 Å². The Morgan fingerprint density at radius 1 is 1.04 bits per heavy atom. The molecule has 0 fully saturated rings. The largest absolute Gasteiger partial charge is 0.492 e. The number of ether oxygens (including phenoxy) is 1. The van der Waals surface area contributed by atoms with Crippen molar-refractivity contribution in [1.82, 2.24) is 5.32 Å². The Kier molecular flexibility index (Phi) is 6.19. The third kappa shape index (κ3) is 5.01. The third-order valence-corrected chi connectivity index (χ3v) is 3.22. The lowest BCUT2D eigenvalue weighted by atomic mass is 10.2. The minimum atomic E-state index is -0.604. The summed E-state index contributed by atoms with van der Waals surface area (Å²) in [5.41, 5.74) is 1.32. The van der Waals surface area contributed by atoms with E-state index in [1.807, 2.05) is 37.3 Å². The number of para-hydroxylation sites is 3.